The van der Waals surface area contributed by atoms with Crippen LogP contribution in [0.5, 0.6) is 0 Å². The topological polar surface area (TPSA) is 27.0 Å². The van der Waals surface area contributed by atoms with E-state index in [9.17, 15) is 0 Å². The Morgan fingerprint density at radius 1 is 1.41 bits per heavy atom. The highest BCUT2D eigenvalue weighted by molar-refractivity contribution is 5.48. The minimum Gasteiger partial charge on any atom is -0.370 e. The van der Waals surface area contributed by atoms with Gasteiger partial charge >= 0.3 is 0 Å². The van der Waals surface area contributed by atoms with Gasteiger partial charge in [0.05, 0.1) is 12.0 Å². The lowest BCUT2D eigenvalue weighted by atomic mass is 10.1. The van der Waals surface area contributed by atoms with E-state index < -0.39 is 0 Å². The molecule has 2 heteroatoms. The van der Waals surface area contributed by atoms with Gasteiger partial charge in [-0.05, 0) is 38.0 Å². The largest absolute Gasteiger partial charge is 0.370 e. The summed E-state index contributed by atoms with van der Waals surface area (Å²) in [5.41, 5.74) is 2.51. The SMILES string of the molecule is CCCCN(CC(C)C#N)c1cccc(C)c1. The van der Waals surface area contributed by atoms with Gasteiger partial charge in [-0.15, -0.1) is 0 Å². The van der Waals surface area contributed by atoms with Crippen molar-refractivity contribution in [1.29, 1.82) is 5.26 Å². The van der Waals surface area contributed by atoms with Gasteiger partial charge in [0.1, 0.15) is 0 Å². The number of hydrogen-bond acceptors (Lipinski definition) is 2. The van der Waals surface area contributed by atoms with E-state index in [-0.39, 0.29) is 5.92 Å². The lowest BCUT2D eigenvalue weighted by Gasteiger charge is -2.26. The maximum atomic E-state index is 8.93. The van der Waals surface area contributed by atoms with Gasteiger partial charge in [-0.1, -0.05) is 25.5 Å². The van der Waals surface area contributed by atoms with Crippen LogP contribution in [0, 0.1) is 24.2 Å². The Bertz CT molecular complexity index is 379. The van der Waals surface area contributed by atoms with Crippen molar-refractivity contribution in [2.75, 3.05) is 18.0 Å². The third kappa shape index (κ3) is 4.48. The highest BCUT2D eigenvalue weighted by Crippen LogP contribution is 2.18. The minimum atomic E-state index is 0.0763. The Labute approximate surface area is 105 Å². The molecule has 1 aromatic carbocycles. The summed E-state index contributed by atoms with van der Waals surface area (Å²) in [6.07, 6.45) is 2.36. The third-order valence-electron chi connectivity index (χ3n) is 2.86. The summed E-state index contributed by atoms with van der Waals surface area (Å²) in [4.78, 5) is 2.32. The Hall–Kier alpha value is -1.49. The van der Waals surface area contributed by atoms with E-state index in [1.807, 2.05) is 6.92 Å². The molecule has 0 heterocycles. The van der Waals surface area contributed by atoms with Crippen LogP contribution in [0.4, 0.5) is 5.69 Å². The van der Waals surface area contributed by atoms with Crippen LogP contribution < -0.4 is 4.90 Å². The van der Waals surface area contributed by atoms with Gasteiger partial charge in [0.25, 0.3) is 0 Å². The number of nitriles is 1. The third-order valence-corrected chi connectivity index (χ3v) is 2.86. The zero-order valence-electron chi connectivity index (χ0n) is 11.1. The van der Waals surface area contributed by atoms with Crippen molar-refractivity contribution in [3.8, 4) is 6.07 Å². The van der Waals surface area contributed by atoms with Crippen molar-refractivity contribution >= 4 is 5.69 Å². The number of anilines is 1. The van der Waals surface area contributed by atoms with Gasteiger partial charge in [-0.2, -0.15) is 5.26 Å². The Balaban J connectivity index is 2.78. The summed E-state index contributed by atoms with van der Waals surface area (Å²) < 4.78 is 0. The zero-order valence-corrected chi connectivity index (χ0v) is 11.1. The average molecular weight is 230 g/mol. The molecule has 0 saturated carbocycles. The lowest BCUT2D eigenvalue weighted by Crippen LogP contribution is -2.29. The first-order valence-corrected chi connectivity index (χ1v) is 6.38. The fraction of sp³-hybridized carbons (Fsp3) is 0.533. The van der Waals surface area contributed by atoms with Crippen LogP contribution >= 0.6 is 0 Å². The molecule has 2 nitrogen and oxygen atoms in total. The number of benzene rings is 1. The number of nitrogens with zero attached hydrogens (tertiary/aromatic N) is 2. The van der Waals surface area contributed by atoms with E-state index in [1.165, 1.54) is 24.1 Å². The number of aryl methyl sites for hydroxylation is 1. The van der Waals surface area contributed by atoms with Crippen LogP contribution in [0.2, 0.25) is 0 Å². The standard InChI is InChI=1S/C15H22N2/c1-4-5-9-17(12-14(3)11-16)15-8-6-7-13(2)10-15/h6-8,10,14H,4-5,9,12H2,1-3H3. The van der Waals surface area contributed by atoms with E-state index in [2.05, 4.69) is 49.1 Å². The molecule has 0 radical (unpaired) electrons. The first-order valence-electron chi connectivity index (χ1n) is 6.38. The molecule has 0 fully saturated rings. The molecule has 0 aliphatic heterocycles. The van der Waals surface area contributed by atoms with E-state index in [1.54, 1.807) is 0 Å². The van der Waals surface area contributed by atoms with Crippen molar-refractivity contribution < 1.29 is 0 Å². The molecule has 1 atom stereocenters. The van der Waals surface area contributed by atoms with Crippen molar-refractivity contribution in [1.82, 2.24) is 0 Å². The van der Waals surface area contributed by atoms with Crippen LogP contribution in [0.25, 0.3) is 0 Å². The smallest absolute Gasteiger partial charge is 0.0671 e. The maximum absolute atomic E-state index is 8.93. The van der Waals surface area contributed by atoms with Crippen LogP contribution in [0.3, 0.4) is 0 Å². The molecule has 92 valence electrons. The molecular weight excluding hydrogens is 208 g/mol. The monoisotopic (exact) mass is 230 g/mol. The Morgan fingerprint density at radius 3 is 2.76 bits per heavy atom. The summed E-state index contributed by atoms with van der Waals surface area (Å²) >= 11 is 0. The maximum Gasteiger partial charge on any atom is 0.0671 e. The number of unbranched alkanes of at least 4 members (excludes halogenated alkanes) is 1. The second-order valence-electron chi connectivity index (χ2n) is 4.67. The van der Waals surface area contributed by atoms with Crippen LogP contribution in [0.1, 0.15) is 32.3 Å². The summed E-state index contributed by atoms with van der Waals surface area (Å²) in [5.74, 6) is 0.0763. The van der Waals surface area contributed by atoms with Gasteiger partial charge in [0.2, 0.25) is 0 Å². The highest BCUT2D eigenvalue weighted by Gasteiger charge is 2.10. The molecule has 1 unspecified atom stereocenters. The van der Waals surface area contributed by atoms with Crippen molar-refractivity contribution in [2.24, 2.45) is 5.92 Å². The van der Waals surface area contributed by atoms with E-state index >= 15 is 0 Å². The molecule has 0 aliphatic rings. The van der Waals surface area contributed by atoms with Crippen LogP contribution in [-0.4, -0.2) is 13.1 Å². The van der Waals surface area contributed by atoms with E-state index in [4.69, 9.17) is 5.26 Å². The van der Waals surface area contributed by atoms with Crippen LogP contribution in [-0.2, 0) is 0 Å². The van der Waals surface area contributed by atoms with E-state index in [0.29, 0.717) is 0 Å². The molecule has 0 aliphatic carbocycles. The molecular formula is C15H22N2. The fourth-order valence-corrected chi connectivity index (χ4v) is 1.87. The quantitative estimate of drug-likeness (QED) is 0.744. The first kappa shape index (κ1) is 13.6. The van der Waals surface area contributed by atoms with Crippen molar-refractivity contribution in [2.45, 2.75) is 33.6 Å². The molecule has 0 aromatic heterocycles. The molecule has 0 bridgehead atoms. The van der Waals surface area contributed by atoms with Gasteiger partial charge < -0.3 is 4.90 Å². The summed E-state index contributed by atoms with van der Waals surface area (Å²) in [7, 11) is 0. The second kappa shape index (κ2) is 6.96. The summed E-state index contributed by atoms with van der Waals surface area (Å²) in [5, 5.41) is 8.93. The number of rotatable bonds is 6. The fourth-order valence-electron chi connectivity index (χ4n) is 1.87. The van der Waals surface area contributed by atoms with Crippen molar-refractivity contribution in [3.63, 3.8) is 0 Å². The van der Waals surface area contributed by atoms with E-state index in [0.717, 1.165) is 13.1 Å². The average Bonchev–Trinajstić information content (AvgIpc) is 2.34. The molecule has 17 heavy (non-hydrogen) atoms. The molecule has 0 saturated heterocycles. The highest BCUT2D eigenvalue weighted by atomic mass is 15.1. The van der Waals surface area contributed by atoms with Crippen LogP contribution in [0.15, 0.2) is 24.3 Å². The molecule has 0 N–H and O–H groups in total. The zero-order chi connectivity index (χ0) is 12.7. The van der Waals surface area contributed by atoms with Gasteiger partial charge in [-0.3, -0.25) is 0 Å². The van der Waals surface area contributed by atoms with Gasteiger partial charge in [-0.25, -0.2) is 0 Å². The first-order chi connectivity index (χ1) is 8.17. The Morgan fingerprint density at radius 2 is 2.18 bits per heavy atom. The van der Waals surface area contributed by atoms with Gasteiger partial charge in [0.15, 0.2) is 0 Å². The minimum absolute atomic E-state index is 0.0763. The van der Waals surface area contributed by atoms with Gasteiger partial charge in [0, 0.05) is 18.8 Å². The molecule has 1 rings (SSSR count). The predicted molar refractivity (Wildman–Crippen MR) is 73.1 cm³/mol. The Kier molecular flexibility index (Phi) is 5.56. The summed E-state index contributed by atoms with van der Waals surface area (Å²) in [6.45, 7) is 8.14. The molecule has 0 amide bonds. The summed E-state index contributed by atoms with van der Waals surface area (Å²) in [6, 6.07) is 10.8. The molecule has 1 aromatic rings. The van der Waals surface area contributed by atoms with Crippen molar-refractivity contribution in [3.05, 3.63) is 29.8 Å². The lowest BCUT2D eigenvalue weighted by molar-refractivity contribution is 0.646. The number of hydrogen-bond donors (Lipinski definition) is 0. The predicted octanol–water partition coefficient (Wildman–Crippen LogP) is 3.76. The normalized spacial score (nSPS) is 11.9. The molecule has 0 spiro atoms. The second-order valence-corrected chi connectivity index (χ2v) is 4.67.